The van der Waals surface area contributed by atoms with Gasteiger partial charge in [-0.1, -0.05) is 18.2 Å². The molecule has 1 aromatic rings. The van der Waals surface area contributed by atoms with Crippen LogP contribution in [-0.4, -0.2) is 16.8 Å². The molecular weight excluding hydrogens is 150 g/mol. The average molecular weight is 163 g/mol. The van der Waals surface area contributed by atoms with Crippen molar-refractivity contribution in [2.45, 2.75) is 19.9 Å². The van der Waals surface area contributed by atoms with Crippen molar-refractivity contribution in [2.75, 3.05) is 6.54 Å². The van der Waals surface area contributed by atoms with Crippen molar-refractivity contribution >= 4 is 0 Å². The first-order valence-corrected chi connectivity index (χ1v) is 4.28. The smallest absolute Gasteiger partial charge is 0.0491 e. The summed E-state index contributed by atoms with van der Waals surface area (Å²) in [6.07, 6.45) is 0.971. The normalized spacial score (nSPS) is 17.5. The summed E-state index contributed by atoms with van der Waals surface area (Å²) in [5.74, 6) is 0. The number of hydroxylamine groups is 2. The van der Waals surface area contributed by atoms with Gasteiger partial charge in [0, 0.05) is 13.1 Å². The molecule has 64 valence electrons. The summed E-state index contributed by atoms with van der Waals surface area (Å²) in [6, 6.07) is 6.27. The zero-order valence-electron chi connectivity index (χ0n) is 7.25. The van der Waals surface area contributed by atoms with Crippen molar-refractivity contribution in [3.8, 4) is 0 Å². The molecule has 0 saturated heterocycles. The van der Waals surface area contributed by atoms with Crippen LogP contribution in [0.4, 0.5) is 0 Å². The maximum atomic E-state index is 9.28. The van der Waals surface area contributed by atoms with Gasteiger partial charge in [-0.15, -0.1) is 0 Å². The summed E-state index contributed by atoms with van der Waals surface area (Å²) in [5.41, 5.74) is 4.03. The van der Waals surface area contributed by atoms with Gasteiger partial charge in [0.05, 0.1) is 0 Å². The number of aryl methyl sites for hydroxylation is 1. The zero-order valence-corrected chi connectivity index (χ0v) is 7.25. The summed E-state index contributed by atoms with van der Waals surface area (Å²) in [7, 11) is 0. The van der Waals surface area contributed by atoms with Crippen molar-refractivity contribution in [3.05, 3.63) is 34.9 Å². The third kappa shape index (κ3) is 1.24. The highest BCUT2D eigenvalue weighted by molar-refractivity contribution is 5.35. The van der Waals surface area contributed by atoms with Gasteiger partial charge in [-0.25, -0.2) is 0 Å². The number of fused-ring (bicyclic) bond motifs is 1. The third-order valence-electron chi connectivity index (χ3n) is 2.48. The topological polar surface area (TPSA) is 23.5 Å². The van der Waals surface area contributed by atoms with E-state index >= 15 is 0 Å². The Kier molecular flexibility index (Phi) is 1.87. The fraction of sp³-hybridized carbons (Fsp3) is 0.400. The predicted octanol–water partition coefficient (Wildman–Crippen LogP) is 1.74. The molecule has 2 heteroatoms. The molecule has 0 amide bonds. The van der Waals surface area contributed by atoms with Crippen LogP contribution in [0.2, 0.25) is 0 Å². The fourth-order valence-corrected chi connectivity index (χ4v) is 1.79. The lowest BCUT2D eigenvalue weighted by Crippen LogP contribution is -2.27. The Morgan fingerprint density at radius 1 is 1.42 bits per heavy atom. The van der Waals surface area contributed by atoms with E-state index in [2.05, 4.69) is 19.1 Å². The molecular formula is C10H13NO. The molecule has 0 bridgehead atoms. The van der Waals surface area contributed by atoms with Crippen molar-refractivity contribution in [2.24, 2.45) is 0 Å². The second-order valence-corrected chi connectivity index (χ2v) is 3.35. The Bertz CT molecular complexity index is 296. The van der Waals surface area contributed by atoms with Crippen molar-refractivity contribution < 1.29 is 5.21 Å². The van der Waals surface area contributed by atoms with E-state index in [1.807, 2.05) is 6.07 Å². The second-order valence-electron chi connectivity index (χ2n) is 3.35. The standard InChI is InChI=1S/C10H13NO/c1-8-3-2-4-9-7-11(12)6-5-10(8)9/h2-4,12H,5-7H2,1H3. The molecule has 1 N–H and O–H groups in total. The van der Waals surface area contributed by atoms with Crippen LogP contribution in [0.5, 0.6) is 0 Å². The van der Waals surface area contributed by atoms with Crippen molar-refractivity contribution in [1.29, 1.82) is 0 Å². The lowest BCUT2D eigenvalue weighted by Gasteiger charge is -2.24. The molecule has 0 saturated carbocycles. The van der Waals surface area contributed by atoms with E-state index in [-0.39, 0.29) is 0 Å². The van der Waals surface area contributed by atoms with Crippen LogP contribution < -0.4 is 0 Å². The van der Waals surface area contributed by atoms with Crippen molar-refractivity contribution in [1.82, 2.24) is 5.06 Å². The van der Waals surface area contributed by atoms with Gasteiger partial charge in [-0.2, -0.15) is 5.06 Å². The molecule has 0 atom stereocenters. The van der Waals surface area contributed by atoms with Crippen LogP contribution in [0.25, 0.3) is 0 Å². The molecule has 0 unspecified atom stereocenters. The van der Waals surface area contributed by atoms with E-state index in [0.29, 0.717) is 6.54 Å². The van der Waals surface area contributed by atoms with E-state index in [9.17, 15) is 5.21 Å². The van der Waals surface area contributed by atoms with Crippen LogP contribution in [0.3, 0.4) is 0 Å². The maximum absolute atomic E-state index is 9.28. The predicted molar refractivity (Wildman–Crippen MR) is 47.1 cm³/mol. The van der Waals surface area contributed by atoms with Gasteiger partial charge in [0.2, 0.25) is 0 Å². The number of hydrogen-bond donors (Lipinski definition) is 1. The molecule has 1 heterocycles. The lowest BCUT2D eigenvalue weighted by molar-refractivity contribution is -0.103. The molecule has 1 aliphatic heterocycles. The molecule has 2 nitrogen and oxygen atoms in total. The molecule has 0 fully saturated rings. The van der Waals surface area contributed by atoms with Gasteiger partial charge >= 0.3 is 0 Å². The van der Waals surface area contributed by atoms with Crippen LogP contribution in [0.1, 0.15) is 16.7 Å². The van der Waals surface area contributed by atoms with Crippen LogP contribution >= 0.6 is 0 Å². The van der Waals surface area contributed by atoms with Gasteiger partial charge in [-0.05, 0) is 30.0 Å². The first kappa shape index (κ1) is 7.77. The molecule has 12 heavy (non-hydrogen) atoms. The van der Waals surface area contributed by atoms with Crippen LogP contribution in [-0.2, 0) is 13.0 Å². The minimum absolute atomic E-state index is 0.678. The molecule has 0 aromatic heterocycles. The Morgan fingerprint density at radius 3 is 3.08 bits per heavy atom. The number of rotatable bonds is 0. The van der Waals surface area contributed by atoms with Crippen molar-refractivity contribution in [3.63, 3.8) is 0 Å². The quantitative estimate of drug-likeness (QED) is 0.629. The SMILES string of the molecule is Cc1cccc2c1CCN(O)C2. The molecule has 0 radical (unpaired) electrons. The molecule has 1 aromatic carbocycles. The Balaban J connectivity index is 2.42. The highest BCUT2D eigenvalue weighted by Crippen LogP contribution is 2.20. The summed E-state index contributed by atoms with van der Waals surface area (Å²) in [5, 5.41) is 10.7. The Morgan fingerprint density at radius 2 is 2.25 bits per heavy atom. The fourth-order valence-electron chi connectivity index (χ4n) is 1.79. The number of nitrogens with zero attached hydrogens (tertiary/aromatic N) is 1. The van der Waals surface area contributed by atoms with Gasteiger partial charge in [0.15, 0.2) is 0 Å². The zero-order chi connectivity index (χ0) is 8.55. The largest absolute Gasteiger partial charge is 0.314 e. The summed E-state index contributed by atoms with van der Waals surface area (Å²) in [6.45, 7) is 3.57. The Labute approximate surface area is 72.4 Å². The van der Waals surface area contributed by atoms with E-state index < -0.39 is 0 Å². The molecule has 2 rings (SSSR count). The molecule has 0 aliphatic carbocycles. The Hall–Kier alpha value is -0.860. The minimum atomic E-state index is 0.678. The summed E-state index contributed by atoms with van der Waals surface area (Å²) >= 11 is 0. The van der Waals surface area contributed by atoms with Crippen LogP contribution in [0.15, 0.2) is 18.2 Å². The number of benzene rings is 1. The lowest BCUT2D eigenvalue weighted by atomic mass is 9.96. The molecule has 1 aliphatic rings. The molecule has 0 spiro atoms. The first-order chi connectivity index (χ1) is 5.77. The summed E-state index contributed by atoms with van der Waals surface area (Å²) in [4.78, 5) is 0. The van der Waals surface area contributed by atoms with Gasteiger partial charge in [-0.3, -0.25) is 0 Å². The monoisotopic (exact) mass is 163 g/mol. The maximum Gasteiger partial charge on any atom is 0.0491 e. The third-order valence-corrected chi connectivity index (χ3v) is 2.48. The second kappa shape index (κ2) is 2.88. The summed E-state index contributed by atoms with van der Waals surface area (Å²) < 4.78 is 0. The first-order valence-electron chi connectivity index (χ1n) is 4.28. The van der Waals surface area contributed by atoms with E-state index in [1.54, 1.807) is 0 Å². The van der Waals surface area contributed by atoms with Gasteiger partial charge < -0.3 is 5.21 Å². The van der Waals surface area contributed by atoms with E-state index in [0.717, 1.165) is 13.0 Å². The highest BCUT2D eigenvalue weighted by atomic mass is 16.5. The van der Waals surface area contributed by atoms with E-state index in [1.165, 1.54) is 21.8 Å². The van der Waals surface area contributed by atoms with Crippen LogP contribution in [0, 0.1) is 6.92 Å². The van der Waals surface area contributed by atoms with Gasteiger partial charge in [0.1, 0.15) is 0 Å². The van der Waals surface area contributed by atoms with Gasteiger partial charge in [0.25, 0.3) is 0 Å². The number of hydrogen-bond acceptors (Lipinski definition) is 2. The minimum Gasteiger partial charge on any atom is -0.314 e. The van der Waals surface area contributed by atoms with E-state index in [4.69, 9.17) is 0 Å². The highest BCUT2D eigenvalue weighted by Gasteiger charge is 2.14. The average Bonchev–Trinajstić information content (AvgIpc) is 2.04.